The fourth-order valence-electron chi connectivity index (χ4n) is 1.80. The molecule has 0 aromatic heterocycles. The van der Waals surface area contributed by atoms with Gasteiger partial charge in [-0.05, 0) is 25.3 Å². The Bertz CT molecular complexity index is 443. The summed E-state index contributed by atoms with van der Waals surface area (Å²) in [6.07, 6.45) is -8.28. The van der Waals surface area contributed by atoms with Gasteiger partial charge in [0.05, 0.1) is 5.92 Å². The first-order chi connectivity index (χ1) is 8.70. The van der Waals surface area contributed by atoms with Crippen molar-refractivity contribution in [2.24, 2.45) is 5.92 Å². The Hall–Kier alpha value is -1.56. The third-order valence-corrected chi connectivity index (χ3v) is 2.80. The second-order valence-corrected chi connectivity index (χ2v) is 4.52. The number of carbonyl (C=O) groups is 1. The van der Waals surface area contributed by atoms with E-state index >= 15 is 0 Å². The quantitative estimate of drug-likeness (QED) is 0.869. The van der Waals surface area contributed by atoms with Crippen LogP contribution in [0.5, 0.6) is 0 Å². The van der Waals surface area contributed by atoms with Gasteiger partial charge >= 0.3 is 12.1 Å². The van der Waals surface area contributed by atoms with Gasteiger partial charge in [-0.1, -0.05) is 29.8 Å². The first-order valence-electron chi connectivity index (χ1n) is 5.73. The normalized spacial score (nSPS) is 15.0. The third-order valence-electron chi connectivity index (χ3n) is 2.80. The van der Waals surface area contributed by atoms with Crippen molar-refractivity contribution >= 4 is 5.97 Å². The topological polar surface area (TPSA) is 57.5 Å². The minimum atomic E-state index is -4.79. The SMILES string of the molecule is Cc1cccc(CC(CC(O)C(F)(F)F)C(=O)O)c1. The number of hydrogen-bond acceptors (Lipinski definition) is 2. The number of halogens is 3. The Balaban J connectivity index is 2.77. The summed E-state index contributed by atoms with van der Waals surface area (Å²) in [7, 11) is 0. The zero-order chi connectivity index (χ0) is 14.6. The molecule has 19 heavy (non-hydrogen) atoms. The van der Waals surface area contributed by atoms with Gasteiger partial charge in [-0.3, -0.25) is 4.79 Å². The molecule has 3 nitrogen and oxygen atoms in total. The molecule has 2 atom stereocenters. The summed E-state index contributed by atoms with van der Waals surface area (Å²) in [4.78, 5) is 11.0. The maximum Gasteiger partial charge on any atom is 0.414 e. The molecule has 0 saturated carbocycles. The molecule has 0 radical (unpaired) electrons. The van der Waals surface area contributed by atoms with Gasteiger partial charge in [0, 0.05) is 0 Å². The van der Waals surface area contributed by atoms with E-state index in [2.05, 4.69) is 0 Å². The van der Waals surface area contributed by atoms with E-state index in [1.54, 1.807) is 18.2 Å². The Labute approximate surface area is 108 Å². The smallest absolute Gasteiger partial charge is 0.414 e. The number of aliphatic hydroxyl groups is 1. The van der Waals surface area contributed by atoms with E-state index < -0.39 is 30.6 Å². The molecule has 0 fully saturated rings. The maximum atomic E-state index is 12.2. The Morgan fingerprint density at radius 3 is 2.47 bits per heavy atom. The number of aliphatic hydroxyl groups excluding tert-OH is 1. The molecule has 106 valence electrons. The molecule has 6 heteroatoms. The number of aliphatic carboxylic acids is 1. The van der Waals surface area contributed by atoms with E-state index in [4.69, 9.17) is 10.2 Å². The Morgan fingerprint density at radius 1 is 1.37 bits per heavy atom. The molecular weight excluding hydrogens is 261 g/mol. The number of carboxylic acid groups (broad SMARTS) is 1. The van der Waals surface area contributed by atoms with Crippen LogP contribution in [0.25, 0.3) is 0 Å². The van der Waals surface area contributed by atoms with Crippen LogP contribution in [0.3, 0.4) is 0 Å². The van der Waals surface area contributed by atoms with E-state index in [1.165, 1.54) is 0 Å². The van der Waals surface area contributed by atoms with Gasteiger partial charge in [0.2, 0.25) is 0 Å². The Morgan fingerprint density at radius 2 is 2.00 bits per heavy atom. The van der Waals surface area contributed by atoms with E-state index in [9.17, 15) is 18.0 Å². The number of benzene rings is 1. The van der Waals surface area contributed by atoms with Gasteiger partial charge in [-0.2, -0.15) is 13.2 Å². The summed E-state index contributed by atoms with van der Waals surface area (Å²) in [6, 6.07) is 6.90. The fraction of sp³-hybridized carbons (Fsp3) is 0.462. The zero-order valence-corrected chi connectivity index (χ0v) is 10.3. The Kier molecular flexibility index (Phi) is 4.94. The number of hydrogen-bond donors (Lipinski definition) is 2. The molecule has 0 aliphatic rings. The molecule has 1 rings (SSSR count). The van der Waals surface area contributed by atoms with Crippen LogP contribution in [-0.4, -0.2) is 28.5 Å². The summed E-state index contributed by atoms with van der Waals surface area (Å²) in [5, 5.41) is 17.9. The van der Waals surface area contributed by atoms with Crippen LogP contribution >= 0.6 is 0 Å². The minimum Gasteiger partial charge on any atom is -0.481 e. The predicted molar refractivity (Wildman–Crippen MR) is 62.7 cm³/mol. The lowest BCUT2D eigenvalue weighted by Crippen LogP contribution is -2.33. The standard InChI is InChI=1S/C13H15F3O3/c1-8-3-2-4-9(5-8)6-10(12(18)19)7-11(17)13(14,15)16/h2-5,10-11,17H,6-7H2,1H3,(H,18,19). The number of rotatable bonds is 5. The second-order valence-electron chi connectivity index (χ2n) is 4.52. The zero-order valence-electron chi connectivity index (χ0n) is 10.3. The van der Waals surface area contributed by atoms with Crippen molar-refractivity contribution in [3.05, 3.63) is 35.4 Å². The van der Waals surface area contributed by atoms with Crippen molar-refractivity contribution in [2.75, 3.05) is 0 Å². The van der Waals surface area contributed by atoms with Crippen molar-refractivity contribution in [3.8, 4) is 0 Å². The first kappa shape index (κ1) is 15.5. The largest absolute Gasteiger partial charge is 0.481 e. The molecule has 0 aliphatic carbocycles. The summed E-state index contributed by atoms with van der Waals surface area (Å²) in [5.41, 5.74) is 1.54. The van der Waals surface area contributed by atoms with Crippen molar-refractivity contribution in [3.63, 3.8) is 0 Å². The van der Waals surface area contributed by atoms with Crippen LogP contribution in [0.15, 0.2) is 24.3 Å². The molecule has 1 aromatic rings. The van der Waals surface area contributed by atoms with Crippen molar-refractivity contribution in [1.82, 2.24) is 0 Å². The van der Waals surface area contributed by atoms with E-state index in [0.29, 0.717) is 5.56 Å². The average Bonchev–Trinajstić information content (AvgIpc) is 2.26. The number of carboxylic acids is 1. The summed E-state index contributed by atoms with van der Waals surface area (Å²) >= 11 is 0. The summed E-state index contributed by atoms with van der Waals surface area (Å²) in [6.45, 7) is 1.81. The molecular formula is C13H15F3O3. The van der Waals surface area contributed by atoms with Gasteiger partial charge in [0.25, 0.3) is 0 Å². The second kappa shape index (κ2) is 6.06. The highest BCUT2D eigenvalue weighted by Gasteiger charge is 2.40. The maximum absolute atomic E-state index is 12.2. The van der Waals surface area contributed by atoms with E-state index in [-0.39, 0.29) is 6.42 Å². The number of aryl methyl sites for hydroxylation is 1. The lowest BCUT2D eigenvalue weighted by Gasteiger charge is -2.19. The molecule has 0 aliphatic heterocycles. The highest BCUT2D eigenvalue weighted by Crippen LogP contribution is 2.26. The van der Waals surface area contributed by atoms with Crippen LogP contribution in [-0.2, 0) is 11.2 Å². The monoisotopic (exact) mass is 276 g/mol. The molecule has 0 heterocycles. The van der Waals surface area contributed by atoms with Crippen LogP contribution in [0, 0.1) is 12.8 Å². The highest BCUT2D eigenvalue weighted by atomic mass is 19.4. The van der Waals surface area contributed by atoms with E-state index in [0.717, 1.165) is 5.56 Å². The van der Waals surface area contributed by atoms with Crippen LogP contribution in [0.1, 0.15) is 17.5 Å². The van der Waals surface area contributed by atoms with Gasteiger partial charge in [0.15, 0.2) is 6.10 Å². The molecule has 0 spiro atoms. The molecule has 2 N–H and O–H groups in total. The molecule has 0 bridgehead atoms. The molecule has 2 unspecified atom stereocenters. The van der Waals surface area contributed by atoms with Gasteiger partial charge in [-0.25, -0.2) is 0 Å². The lowest BCUT2D eigenvalue weighted by molar-refractivity contribution is -0.209. The van der Waals surface area contributed by atoms with Gasteiger partial charge in [0.1, 0.15) is 0 Å². The van der Waals surface area contributed by atoms with Gasteiger partial charge in [-0.15, -0.1) is 0 Å². The summed E-state index contributed by atoms with van der Waals surface area (Å²) < 4.78 is 36.7. The van der Waals surface area contributed by atoms with E-state index in [1.807, 2.05) is 13.0 Å². The first-order valence-corrected chi connectivity index (χ1v) is 5.73. The minimum absolute atomic E-state index is 0.0375. The molecule has 0 amide bonds. The lowest BCUT2D eigenvalue weighted by atomic mass is 9.93. The van der Waals surface area contributed by atoms with Gasteiger partial charge < -0.3 is 10.2 Å². The van der Waals surface area contributed by atoms with Crippen LogP contribution in [0.2, 0.25) is 0 Å². The van der Waals surface area contributed by atoms with Crippen LogP contribution < -0.4 is 0 Å². The van der Waals surface area contributed by atoms with Crippen molar-refractivity contribution in [1.29, 1.82) is 0 Å². The number of alkyl halides is 3. The molecule has 0 saturated heterocycles. The third kappa shape index (κ3) is 4.90. The fourth-order valence-corrected chi connectivity index (χ4v) is 1.80. The van der Waals surface area contributed by atoms with Crippen molar-refractivity contribution < 1.29 is 28.2 Å². The predicted octanol–water partition coefficient (Wildman–Crippen LogP) is 2.55. The average molecular weight is 276 g/mol. The highest BCUT2D eigenvalue weighted by molar-refractivity contribution is 5.70. The van der Waals surface area contributed by atoms with Crippen LogP contribution in [0.4, 0.5) is 13.2 Å². The van der Waals surface area contributed by atoms with Crippen molar-refractivity contribution in [2.45, 2.75) is 32.0 Å². The molecule has 1 aromatic carbocycles. The summed E-state index contributed by atoms with van der Waals surface area (Å²) in [5.74, 6) is -2.61.